The van der Waals surface area contributed by atoms with Gasteiger partial charge in [0.15, 0.2) is 0 Å². The van der Waals surface area contributed by atoms with Crippen LogP contribution in [0.2, 0.25) is 0 Å². The normalized spacial score (nSPS) is 11.0. The molecule has 0 bridgehead atoms. The standard InChI is InChI=1S/C19H21N3O3S/c1-3-16-7-9-19(10-8-16)26(24,25)21-11-12-22(15(2)23)18-6-4-5-17(13-18)14-20/h4-10,13,21H,3,11-12H2,1-2H3. The fourth-order valence-corrected chi connectivity index (χ4v) is 3.51. The van der Waals surface area contributed by atoms with Gasteiger partial charge in [-0.05, 0) is 42.3 Å². The van der Waals surface area contributed by atoms with E-state index in [0.29, 0.717) is 11.3 Å². The zero-order valence-corrected chi connectivity index (χ0v) is 15.6. The molecule has 1 N–H and O–H groups in total. The summed E-state index contributed by atoms with van der Waals surface area (Å²) < 4.78 is 27.2. The number of nitrogens with zero attached hydrogens (tertiary/aromatic N) is 2. The lowest BCUT2D eigenvalue weighted by Crippen LogP contribution is -2.37. The van der Waals surface area contributed by atoms with E-state index in [1.807, 2.05) is 13.0 Å². The molecule has 0 aliphatic heterocycles. The van der Waals surface area contributed by atoms with Gasteiger partial charge in [0.1, 0.15) is 0 Å². The highest BCUT2D eigenvalue weighted by molar-refractivity contribution is 7.89. The maximum atomic E-state index is 12.4. The zero-order chi connectivity index (χ0) is 19.2. The van der Waals surface area contributed by atoms with E-state index < -0.39 is 10.0 Å². The molecule has 0 aromatic heterocycles. The summed E-state index contributed by atoms with van der Waals surface area (Å²) in [7, 11) is -3.64. The predicted octanol–water partition coefficient (Wildman–Crippen LogP) is 2.45. The van der Waals surface area contributed by atoms with E-state index in [4.69, 9.17) is 5.26 Å². The minimum absolute atomic E-state index is 0.0637. The molecule has 0 unspecified atom stereocenters. The van der Waals surface area contributed by atoms with Crippen molar-refractivity contribution in [1.29, 1.82) is 5.26 Å². The summed E-state index contributed by atoms with van der Waals surface area (Å²) in [4.78, 5) is 13.5. The van der Waals surface area contributed by atoms with Gasteiger partial charge in [-0.1, -0.05) is 25.1 Å². The molecule has 2 rings (SSSR count). The van der Waals surface area contributed by atoms with Crippen LogP contribution in [0.15, 0.2) is 53.4 Å². The molecule has 0 spiro atoms. The summed E-state index contributed by atoms with van der Waals surface area (Å²) in [5, 5.41) is 8.98. The Morgan fingerprint density at radius 1 is 1.19 bits per heavy atom. The Bertz CT molecular complexity index is 916. The van der Waals surface area contributed by atoms with Crippen molar-refractivity contribution in [3.8, 4) is 6.07 Å². The fourth-order valence-electron chi connectivity index (χ4n) is 2.49. The van der Waals surface area contributed by atoms with Crippen molar-refractivity contribution in [1.82, 2.24) is 4.72 Å². The van der Waals surface area contributed by atoms with Crippen molar-refractivity contribution in [2.75, 3.05) is 18.0 Å². The number of carbonyl (C=O) groups is 1. The monoisotopic (exact) mass is 371 g/mol. The molecule has 136 valence electrons. The molecule has 0 fully saturated rings. The lowest BCUT2D eigenvalue weighted by Gasteiger charge is -2.21. The summed E-state index contributed by atoms with van der Waals surface area (Å²) in [6, 6.07) is 15.4. The Balaban J connectivity index is 2.07. The molecule has 2 aromatic rings. The van der Waals surface area contributed by atoms with Crippen LogP contribution >= 0.6 is 0 Å². The summed E-state index contributed by atoms with van der Waals surface area (Å²) in [6.45, 7) is 3.63. The molecular weight excluding hydrogens is 350 g/mol. The van der Waals surface area contributed by atoms with E-state index in [9.17, 15) is 13.2 Å². The number of carbonyl (C=O) groups excluding carboxylic acids is 1. The first-order chi connectivity index (χ1) is 12.4. The first-order valence-electron chi connectivity index (χ1n) is 8.24. The quantitative estimate of drug-likeness (QED) is 0.809. The second kappa shape index (κ2) is 8.61. The summed E-state index contributed by atoms with van der Waals surface area (Å²) in [5.41, 5.74) is 2.05. The summed E-state index contributed by atoms with van der Waals surface area (Å²) >= 11 is 0. The van der Waals surface area contributed by atoms with Gasteiger partial charge in [-0.3, -0.25) is 4.79 Å². The maximum Gasteiger partial charge on any atom is 0.240 e. The van der Waals surface area contributed by atoms with Crippen LogP contribution in [0.3, 0.4) is 0 Å². The van der Waals surface area contributed by atoms with Crippen LogP contribution in [0.5, 0.6) is 0 Å². The highest BCUT2D eigenvalue weighted by atomic mass is 32.2. The van der Waals surface area contributed by atoms with Crippen LogP contribution in [0, 0.1) is 11.3 Å². The van der Waals surface area contributed by atoms with Crippen molar-refractivity contribution in [2.24, 2.45) is 0 Å². The number of sulfonamides is 1. The van der Waals surface area contributed by atoms with E-state index in [-0.39, 0.29) is 23.9 Å². The Morgan fingerprint density at radius 3 is 2.46 bits per heavy atom. The van der Waals surface area contributed by atoms with E-state index >= 15 is 0 Å². The molecule has 7 heteroatoms. The van der Waals surface area contributed by atoms with E-state index in [0.717, 1.165) is 12.0 Å². The molecule has 0 atom stereocenters. The lowest BCUT2D eigenvalue weighted by molar-refractivity contribution is -0.116. The van der Waals surface area contributed by atoms with Gasteiger partial charge < -0.3 is 4.90 Å². The highest BCUT2D eigenvalue weighted by Crippen LogP contribution is 2.16. The smallest absolute Gasteiger partial charge is 0.240 e. The molecule has 0 radical (unpaired) electrons. The highest BCUT2D eigenvalue weighted by Gasteiger charge is 2.16. The van der Waals surface area contributed by atoms with E-state index in [2.05, 4.69) is 4.72 Å². The number of nitrogens with one attached hydrogen (secondary N) is 1. The van der Waals surface area contributed by atoms with Crippen LogP contribution in [0.1, 0.15) is 25.0 Å². The lowest BCUT2D eigenvalue weighted by atomic mass is 10.2. The van der Waals surface area contributed by atoms with Gasteiger partial charge in [-0.25, -0.2) is 13.1 Å². The third-order valence-electron chi connectivity index (χ3n) is 3.94. The van der Waals surface area contributed by atoms with Gasteiger partial charge in [-0.15, -0.1) is 0 Å². The summed E-state index contributed by atoms with van der Waals surface area (Å²) in [5.74, 6) is -0.230. The minimum Gasteiger partial charge on any atom is -0.311 e. The predicted molar refractivity (Wildman–Crippen MR) is 100 cm³/mol. The second-order valence-corrected chi connectivity index (χ2v) is 7.50. The maximum absolute atomic E-state index is 12.4. The molecule has 1 amide bonds. The molecule has 0 heterocycles. The molecule has 26 heavy (non-hydrogen) atoms. The number of hydrogen-bond donors (Lipinski definition) is 1. The Hall–Kier alpha value is -2.69. The van der Waals surface area contributed by atoms with Gasteiger partial charge in [0.05, 0.1) is 16.5 Å². The Kier molecular flexibility index (Phi) is 6.50. The van der Waals surface area contributed by atoms with Crippen molar-refractivity contribution >= 4 is 21.6 Å². The van der Waals surface area contributed by atoms with Crippen LogP contribution in [0.4, 0.5) is 5.69 Å². The SMILES string of the molecule is CCc1ccc(S(=O)(=O)NCCN(C(C)=O)c2cccc(C#N)c2)cc1. The molecule has 0 saturated heterocycles. The number of hydrogen-bond acceptors (Lipinski definition) is 4. The number of rotatable bonds is 7. The van der Waals surface area contributed by atoms with Crippen LogP contribution in [0.25, 0.3) is 0 Å². The Labute approximate surface area is 154 Å². The Morgan fingerprint density at radius 2 is 1.88 bits per heavy atom. The number of aryl methyl sites for hydroxylation is 1. The average Bonchev–Trinajstić information content (AvgIpc) is 2.65. The number of amides is 1. The minimum atomic E-state index is -3.64. The van der Waals surface area contributed by atoms with Crippen molar-refractivity contribution in [3.63, 3.8) is 0 Å². The van der Waals surface area contributed by atoms with Crippen molar-refractivity contribution in [2.45, 2.75) is 25.2 Å². The number of anilines is 1. The van der Waals surface area contributed by atoms with Gasteiger partial charge >= 0.3 is 0 Å². The topological polar surface area (TPSA) is 90.3 Å². The number of nitriles is 1. The fraction of sp³-hybridized carbons (Fsp3) is 0.263. The zero-order valence-electron chi connectivity index (χ0n) is 14.8. The van der Waals surface area contributed by atoms with Gasteiger partial charge in [0, 0.05) is 25.7 Å². The second-order valence-electron chi connectivity index (χ2n) is 5.73. The third-order valence-corrected chi connectivity index (χ3v) is 5.41. The average molecular weight is 371 g/mol. The van der Waals surface area contributed by atoms with E-state index in [1.54, 1.807) is 48.5 Å². The first-order valence-corrected chi connectivity index (χ1v) is 9.72. The largest absolute Gasteiger partial charge is 0.311 e. The van der Waals surface area contributed by atoms with Crippen LogP contribution < -0.4 is 9.62 Å². The molecule has 0 aliphatic rings. The van der Waals surface area contributed by atoms with Gasteiger partial charge in [-0.2, -0.15) is 5.26 Å². The van der Waals surface area contributed by atoms with Crippen molar-refractivity contribution in [3.05, 3.63) is 59.7 Å². The van der Waals surface area contributed by atoms with Crippen LogP contribution in [-0.2, 0) is 21.2 Å². The van der Waals surface area contributed by atoms with Gasteiger partial charge in [0.2, 0.25) is 15.9 Å². The molecule has 2 aromatic carbocycles. The summed E-state index contributed by atoms with van der Waals surface area (Å²) in [6.07, 6.45) is 0.836. The van der Waals surface area contributed by atoms with Gasteiger partial charge in [0.25, 0.3) is 0 Å². The third kappa shape index (κ3) is 4.91. The van der Waals surface area contributed by atoms with Crippen molar-refractivity contribution < 1.29 is 13.2 Å². The molecule has 0 aliphatic carbocycles. The molecule has 0 saturated carbocycles. The first kappa shape index (κ1) is 19.6. The van der Waals surface area contributed by atoms with Crippen LogP contribution in [-0.4, -0.2) is 27.4 Å². The molecular formula is C19H21N3O3S. The van der Waals surface area contributed by atoms with E-state index in [1.165, 1.54) is 11.8 Å². The number of benzene rings is 2. The molecule has 6 nitrogen and oxygen atoms in total.